The topological polar surface area (TPSA) is 77.7 Å². The highest BCUT2D eigenvalue weighted by Crippen LogP contribution is 2.31. The Morgan fingerprint density at radius 2 is 2.03 bits per heavy atom. The molecule has 0 unspecified atom stereocenters. The quantitative estimate of drug-likeness (QED) is 0.556. The third-order valence-electron chi connectivity index (χ3n) is 5.38. The Labute approximate surface area is 171 Å². The zero-order valence-corrected chi connectivity index (χ0v) is 17.2. The van der Waals surface area contributed by atoms with Crippen LogP contribution >= 0.6 is 0 Å². The summed E-state index contributed by atoms with van der Waals surface area (Å²) in [5.74, 6) is 2.84. The fourth-order valence-electron chi connectivity index (χ4n) is 3.77. The summed E-state index contributed by atoms with van der Waals surface area (Å²) in [5.41, 5.74) is 0.750. The molecule has 1 amide bonds. The van der Waals surface area contributed by atoms with Gasteiger partial charge in [-0.05, 0) is 30.5 Å². The van der Waals surface area contributed by atoms with Crippen molar-refractivity contribution < 1.29 is 18.8 Å². The monoisotopic (exact) mass is 399 g/mol. The van der Waals surface area contributed by atoms with Crippen molar-refractivity contribution >= 4 is 5.91 Å². The highest BCUT2D eigenvalue weighted by Gasteiger charge is 2.21. The highest BCUT2D eigenvalue weighted by atomic mass is 16.5. The van der Waals surface area contributed by atoms with Crippen molar-refractivity contribution in [3.8, 4) is 22.9 Å². The maximum atomic E-state index is 12.7. The molecule has 1 aliphatic carbocycles. The first-order valence-electron chi connectivity index (χ1n) is 10.1. The molecule has 1 saturated carbocycles. The Balaban J connectivity index is 1.66. The molecule has 1 aliphatic rings. The zero-order valence-electron chi connectivity index (χ0n) is 17.2. The van der Waals surface area contributed by atoms with Crippen LogP contribution in [0.15, 0.2) is 35.4 Å². The second-order valence-electron chi connectivity index (χ2n) is 7.33. The first-order valence-corrected chi connectivity index (χ1v) is 10.1. The molecular formula is C22H29N3O4. The van der Waals surface area contributed by atoms with E-state index in [1.165, 1.54) is 25.7 Å². The lowest BCUT2D eigenvalue weighted by atomic mass is 10.0. The molecule has 3 rings (SSSR count). The van der Waals surface area contributed by atoms with Gasteiger partial charge in [-0.1, -0.05) is 36.9 Å². The van der Waals surface area contributed by atoms with Crippen LogP contribution in [-0.2, 0) is 11.3 Å². The van der Waals surface area contributed by atoms with Crippen molar-refractivity contribution in [3.05, 3.63) is 36.7 Å². The van der Waals surface area contributed by atoms with Gasteiger partial charge in [-0.25, -0.2) is 0 Å². The summed E-state index contributed by atoms with van der Waals surface area (Å²) in [6.07, 6.45) is 8.29. The number of hydrogen-bond donors (Lipinski definition) is 0. The van der Waals surface area contributed by atoms with E-state index in [0.717, 1.165) is 12.0 Å². The minimum Gasteiger partial charge on any atom is -0.493 e. The van der Waals surface area contributed by atoms with E-state index in [4.69, 9.17) is 14.0 Å². The normalized spacial score (nSPS) is 14.0. The van der Waals surface area contributed by atoms with E-state index in [1.807, 2.05) is 6.07 Å². The first kappa shape index (κ1) is 20.9. The second kappa shape index (κ2) is 10.1. The van der Waals surface area contributed by atoms with Gasteiger partial charge < -0.3 is 18.9 Å². The van der Waals surface area contributed by atoms with E-state index in [9.17, 15) is 4.79 Å². The molecule has 1 aromatic heterocycles. The van der Waals surface area contributed by atoms with E-state index in [2.05, 4.69) is 16.7 Å². The summed E-state index contributed by atoms with van der Waals surface area (Å²) < 4.78 is 16.0. The summed E-state index contributed by atoms with van der Waals surface area (Å²) >= 11 is 0. The Morgan fingerprint density at radius 1 is 1.28 bits per heavy atom. The van der Waals surface area contributed by atoms with Gasteiger partial charge in [0.2, 0.25) is 17.6 Å². The van der Waals surface area contributed by atoms with E-state index >= 15 is 0 Å². The molecule has 0 radical (unpaired) electrons. The smallest absolute Gasteiger partial charge is 0.246 e. The predicted octanol–water partition coefficient (Wildman–Crippen LogP) is 4.24. The average Bonchev–Trinajstić information content (AvgIpc) is 3.43. The van der Waals surface area contributed by atoms with Gasteiger partial charge in [0.05, 0.1) is 14.2 Å². The predicted molar refractivity (Wildman–Crippen MR) is 110 cm³/mol. The number of ether oxygens (including phenoxy) is 2. The van der Waals surface area contributed by atoms with Crippen LogP contribution < -0.4 is 9.47 Å². The average molecular weight is 399 g/mol. The van der Waals surface area contributed by atoms with E-state index in [1.54, 1.807) is 37.3 Å². The number of carbonyl (C=O) groups excluding carboxylic acids is 1. The van der Waals surface area contributed by atoms with Crippen LogP contribution in [0.25, 0.3) is 11.4 Å². The second-order valence-corrected chi connectivity index (χ2v) is 7.33. The number of rotatable bonds is 10. The molecule has 0 N–H and O–H groups in total. The first-order chi connectivity index (χ1) is 14.1. The molecule has 156 valence electrons. The van der Waals surface area contributed by atoms with Crippen molar-refractivity contribution in [1.29, 1.82) is 0 Å². The summed E-state index contributed by atoms with van der Waals surface area (Å²) in [4.78, 5) is 18.9. The van der Waals surface area contributed by atoms with Gasteiger partial charge in [0.15, 0.2) is 11.5 Å². The van der Waals surface area contributed by atoms with E-state index < -0.39 is 0 Å². The van der Waals surface area contributed by atoms with E-state index in [-0.39, 0.29) is 12.5 Å². The van der Waals surface area contributed by atoms with Crippen molar-refractivity contribution in [2.24, 2.45) is 5.92 Å². The standard InChI is InChI=1S/C22H29N3O4/c1-4-13-25(21(26)12-9-16-7-5-6-8-16)15-20-23-22(24-29-20)17-10-11-18(27-2)19(14-17)28-3/h4,10-11,14,16H,1,5-9,12-13,15H2,2-3H3. The third-order valence-corrected chi connectivity index (χ3v) is 5.38. The Hall–Kier alpha value is -2.83. The van der Waals surface area contributed by atoms with E-state index in [0.29, 0.717) is 42.1 Å². The summed E-state index contributed by atoms with van der Waals surface area (Å²) in [7, 11) is 3.16. The molecular weight excluding hydrogens is 370 g/mol. The molecule has 7 nitrogen and oxygen atoms in total. The lowest BCUT2D eigenvalue weighted by Crippen LogP contribution is -2.31. The maximum Gasteiger partial charge on any atom is 0.246 e. The number of nitrogens with zero attached hydrogens (tertiary/aromatic N) is 3. The lowest BCUT2D eigenvalue weighted by molar-refractivity contribution is -0.131. The van der Waals surface area contributed by atoms with Gasteiger partial charge in [0.1, 0.15) is 6.54 Å². The summed E-state index contributed by atoms with van der Waals surface area (Å²) in [5, 5.41) is 4.05. The fourth-order valence-corrected chi connectivity index (χ4v) is 3.77. The van der Waals surface area contributed by atoms with Crippen molar-refractivity contribution in [2.45, 2.75) is 45.1 Å². The number of amides is 1. The number of methoxy groups -OCH3 is 2. The molecule has 0 saturated heterocycles. The molecule has 1 heterocycles. The molecule has 0 spiro atoms. The van der Waals surface area contributed by atoms with Gasteiger partial charge in [0, 0.05) is 18.5 Å². The number of aromatic nitrogens is 2. The van der Waals surface area contributed by atoms with Crippen LogP contribution in [0.3, 0.4) is 0 Å². The number of benzene rings is 1. The summed E-state index contributed by atoms with van der Waals surface area (Å²) in [6.45, 7) is 4.49. The fraction of sp³-hybridized carbons (Fsp3) is 0.500. The largest absolute Gasteiger partial charge is 0.493 e. The Bertz CT molecular complexity index is 827. The lowest BCUT2D eigenvalue weighted by Gasteiger charge is -2.20. The van der Waals surface area contributed by atoms with Crippen molar-refractivity contribution in [3.63, 3.8) is 0 Å². The van der Waals surface area contributed by atoms with Crippen molar-refractivity contribution in [1.82, 2.24) is 15.0 Å². The van der Waals surface area contributed by atoms with Gasteiger partial charge >= 0.3 is 0 Å². The van der Waals surface area contributed by atoms with Crippen LogP contribution in [-0.4, -0.2) is 41.7 Å². The molecule has 0 bridgehead atoms. The minimum atomic E-state index is 0.0997. The van der Waals surface area contributed by atoms with Crippen LogP contribution in [0.5, 0.6) is 11.5 Å². The van der Waals surface area contributed by atoms with Gasteiger partial charge in [0.25, 0.3) is 0 Å². The SMILES string of the molecule is C=CCN(Cc1nc(-c2ccc(OC)c(OC)c2)no1)C(=O)CCC1CCCC1. The van der Waals surface area contributed by atoms with Gasteiger partial charge in [-0.2, -0.15) is 4.98 Å². The van der Waals surface area contributed by atoms with Crippen LogP contribution in [0.4, 0.5) is 0 Å². The third kappa shape index (κ3) is 5.37. The highest BCUT2D eigenvalue weighted by molar-refractivity contribution is 5.76. The van der Waals surface area contributed by atoms with Gasteiger partial charge in [-0.3, -0.25) is 4.79 Å². The number of carbonyl (C=O) groups is 1. The van der Waals surface area contributed by atoms with Gasteiger partial charge in [-0.15, -0.1) is 6.58 Å². The summed E-state index contributed by atoms with van der Waals surface area (Å²) in [6, 6.07) is 5.42. The Morgan fingerprint density at radius 3 is 2.72 bits per heavy atom. The maximum absolute atomic E-state index is 12.7. The zero-order chi connectivity index (χ0) is 20.6. The molecule has 29 heavy (non-hydrogen) atoms. The Kier molecular flexibility index (Phi) is 7.27. The molecule has 1 fully saturated rings. The van der Waals surface area contributed by atoms with Crippen LogP contribution in [0.2, 0.25) is 0 Å². The molecule has 1 aromatic carbocycles. The molecule has 0 atom stereocenters. The molecule has 2 aromatic rings. The van der Waals surface area contributed by atoms with Crippen LogP contribution in [0, 0.1) is 5.92 Å². The van der Waals surface area contributed by atoms with Crippen molar-refractivity contribution in [2.75, 3.05) is 20.8 Å². The van der Waals surface area contributed by atoms with Crippen LogP contribution in [0.1, 0.15) is 44.4 Å². The number of hydrogen-bond acceptors (Lipinski definition) is 6. The molecule has 7 heteroatoms. The molecule has 0 aliphatic heterocycles. The minimum absolute atomic E-state index is 0.0997.